The van der Waals surface area contributed by atoms with Gasteiger partial charge >= 0.3 is 6.61 Å². The summed E-state index contributed by atoms with van der Waals surface area (Å²) in [5, 5.41) is 6.77. The van der Waals surface area contributed by atoms with E-state index in [-0.39, 0.29) is 23.1 Å². The number of carbonyl (C=O) groups is 1. The van der Waals surface area contributed by atoms with E-state index in [2.05, 4.69) is 15.2 Å². The van der Waals surface area contributed by atoms with Crippen molar-refractivity contribution in [2.45, 2.75) is 12.4 Å². The Kier molecular flexibility index (Phi) is 6.43. The maximum atomic E-state index is 12.4. The first-order valence-electron chi connectivity index (χ1n) is 8.12. The smallest absolute Gasteiger partial charge is 0.387 e. The van der Waals surface area contributed by atoms with Crippen molar-refractivity contribution in [1.82, 2.24) is 9.78 Å². The number of carbonyl (C=O) groups excluding carboxylic acids is 1. The number of hydrogen-bond donors (Lipinski definition) is 1. The molecule has 0 bridgehead atoms. The fourth-order valence-corrected chi connectivity index (χ4v) is 3.17. The van der Waals surface area contributed by atoms with Gasteiger partial charge in [0, 0.05) is 18.1 Å². The van der Waals surface area contributed by atoms with E-state index in [4.69, 9.17) is 0 Å². The summed E-state index contributed by atoms with van der Waals surface area (Å²) in [6.45, 7) is -2.94. The predicted molar refractivity (Wildman–Crippen MR) is 101 cm³/mol. The zero-order chi connectivity index (χ0) is 19.1. The number of alkyl halides is 2. The third kappa shape index (κ3) is 5.55. The van der Waals surface area contributed by atoms with Gasteiger partial charge in [-0.3, -0.25) is 4.79 Å². The molecule has 5 nitrogen and oxygen atoms in total. The van der Waals surface area contributed by atoms with E-state index in [1.165, 1.54) is 23.9 Å². The summed E-state index contributed by atoms with van der Waals surface area (Å²) in [7, 11) is 0. The molecule has 2 aromatic carbocycles. The van der Waals surface area contributed by atoms with E-state index in [9.17, 15) is 13.6 Å². The van der Waals surface area contributed by atoms with Crippen LogP contribution in [0, 0.1) is 0 Å². The minimum Gasteiger partial charge on any atom is -0.433 e. The van der Waals surface area contributed by atoms with Crippen LogP contribution in [0.4, 0.5) is 14.5 Å². The SMILES string of the molecule is O=C(CSCc1ccc(-n2cccn2)cc1)Nc1ccccc1OC(F)F. The molecule has 0 saturated heterocycles. The van der Waals surface area contributed by atoms with Gasteiger partial charge in [-0.25, -0.2) is 4.68 Å². The number of anilines is 1. The number of benzene rings is 2. The highest BCUT2D eigenvalue weighted by molar-refractivity contribution is 7.99. The minimum absolute atomic E-state index is 0.0555. The number of rotatable bonds is 8. The van der Waals surface area contributed by atoms with Gasteiger partial charge in [-0.2, -0.15) is 13.9 Å². The lowest BCUT2D eigenvalue weighted by atomic mass is 10.2. The minimum atomic E-state index is -2.94. The van der Waals surface area contributed by atoms with E-state index in [1.807, 2.05) is 36.5 Å². The van der Waals surface area contributed by atoms with Gasteiger partial charge in [0.15, 0.2) is 0 Å². The van der Waals surface area contributed by atoms with Crippen LogP contribution in [0.2, 0.25) is 0 Å². The van der Waals surface area contributed by atoms with Crippen LogP contribution in [0.3, 0.4) is 0 Å². The van der Waals surface area contributed by atoms with Crippen LogP contribution in [-0.4, -0.2) is 28.1 Å². The van der Waals surface area contributed by atoms with Crippen LogP contribution in [0.25, 0.3) is 5.69 Å². The highest BCUT2D eigenvalue weighted by Gasteiger charge is 2.11. The third-order valence-electron chi connectivity index (χ3n) is 3.58. The summed E-state index contributed by atoms with van der Waals surface area (Å²) >= 11 is 1.43. The first kappa shape index (κ1) is 18.9. The molecular formula is C19H17F2N3O2S. The van der Waals surface area contributed by atoms with E-state index >= 15 is 0 Å². The average molecular weight is 389 g/mol. The van der Waals surface area contributed by atoms with Gasteiger partial charge in [0.25, 0.3) is 0 Å². The molecule has 1 amide bonds. The van der Waals surface area contributed by atoms with Crippen LogP contribution in [0.15, 0.2) is 67.0 Å². The average Bonchev–Trinajstić information content (AvgIpc) is 3.18. The van der Waals surface area contributed by atoms with Crippen molar-refractivity contribution in [3.05, 3.63) is 72.6 Å². The second kappa shape index (κ2) is 9.18. The zero-order valence-corrected chi connectivity index (χ0v) is 15.0. The summed E-state index contributed by atoms with van der Waals surface area (Å²) in [5.41, 5.74) is 2.26. The number of para-hydroxylation sites is 2. The molecule has 0 atom stereocenters. The van der Waals surface area contributed by atoms with Crippen molar-refractivity contribution in [2.75, 3.05) is 11.1 Å². The summed E-state index contributed by atoms with van der Waals surface area (Å²) < 4.78 is 31.0. The first-order valence-corrected chi connectivity index (χ1v) is 9.27. The molecule has 0 fully saturated rings. The summed E-state index contributed by atoms with van der Waals surface area (Å²) in [6.07, 6.45) is 3.58. The number of ether oxygens (including phenoxy) is 1. The summed E-state index contributed by atoms with van der Waals surface area (Å²) in [6, 6.07) is 15.8. The Hall–Kier alpha value is -2.87. The van der Waals surface area contributed by atoms with E-state index in [1.54, 1.807) is 23.0 Å². The summed E-state index contributed by atoms with van der Waals surface area (Å²) in [4.78, 5) is 12.1. The Morgan fingerprint density at radius 1 is 1.15 bits per heavy atom. The summed E-state index contributed by atoms with van der Waals surface area (Å²) in [5.74, 6) is 0.518. The number of thioether (sulfide) groups is 1. The molecule has 1 heterocycles. The molecule has 3 aromatic rings. The second-order valence-corrected chi connectivity index (χ2v) is 6.52. The van der Waals surface area contributed by atoms with Crippen LogP contribution >= 0.6 is 11.8 Å². The molecule has 0 aliphatic heterocycles. The topological polar surface area (TPSA) is 56.2 Å². The Balaban J connectivity index is 1.49. The highest BCUT2D eigenvalue weighted by atomic mass is 32.2. The molecule has 0 radical (unpaired) electrons. The molecule has 3 rings (SSSR count). The van der Waals surface area contributed by atoms with Gasteiger partial charge < -0.3 is 10.1 Å². The molecule has 0 saturated carbocycles. The van der Waals surface area contributed by atoms with E-state index in [0.29, 0.717) is 5.75 Å². The number of aromatic nitrogens is 2. The van der Waals surface area contributed by atoms with Crippen LogP contribution < -0.4 is 10.1 Å². The van der Waals surface area contributed by atoms with Crippen molar-refractivity contribution in [3.63, 3.8) is 0 Å². The maximum absolute atomic E-state index is 12.4. The second-order valence-electron chi connectivity index (χ2n) is 5.53. The zero-order valence-electron chi connectivity index (χ0n) is 14.2. The van der Waals surface area contributed by atoms with E-state index in [0.717, 1.165) is 11.3 Å². The van der Waals surface area contributed by atoms with Gasteiger partial charge in [-0.15, -0.1) is 11.8 Å². The fraction of sp³-hybridized carbons (Fsp3) is 0.158. The Bertz CT molecular complexity index is 871. The van der Waals surface area contributed by atoms with Gasteiger partial charge in [0.05, 0.1) is 17.1 Å². The quantitative estimate of drug-likeness (QED) is 0.623. The van der Waals surface area contributed by atoms with Crippen LogP contribution in [-0.2, 0) is 10.5 Å². The maximum Gasteiger partial charge on any atom is 0.387 e. The molecule has 0 aliphatic carbocycles. The van der Waals surface area contributed by atoms with Crippen molar-refractivity contribution < 1.29 is 18.3 Å². The van der Waals surface area contributed by atoms with Gasteiger partial charge in [-0.05, 0) is 35.9 Å². The van der Waals surface area contributed by atoms with Crippen LogP contribution in [0.5, 0.6) is 5.75 Å². The molecule has 8 heteroatoms. The molecule has 140 valence electrons. The van der Waals surface area contributed by atoms with Gasteiger partial charge in [-0.1, -0.05) is 24.3 Å². The third-order valence-corrected chi connectivity index (χ3v) is 4.59. The van der Waals surface area contributed by atoms with E-state index < -0.39 is 6.61 Å². The molecule has 1 N–H and O–H groups in total. The van der Waals surface area contributed by atoms with Crippen LogP contribution in [0.1, 0.15) is 5.56 Å². The number of nitrogens with one attached hydrogen (secondary N) is 1. The first-order chi connectivity index (χ1) is 13.1. The Labute approximate surface area is 159 Å². The number of amides is 1. The van der Waals surface area contributed by atoms with Crippen molar-refractivity contribution in [1.29, 1.82) is 0 Å². The molecule has 0 unspecified atom stereocenters. The highest BCUT2D eigenvalue weighted by Crippen LogP contribution is 2.25. The normalized spacial score (nSPS) is 10.8. The predicted octanol–water partition coefficient (Wildman–Crippen LogP) is 4.35. The fourth-order valence-electron chi connectivity index (χ4n) is 2.38. The van der Waals surface area contributed by atoms with Crippen molar-refractivity contribution >= 4 is 23.4 Å². The van der Waals surface area contributed by atoms with Crippen molar-refractivity contribution in [3.8, 4) is 11.4 Å². The van der Waals surface area contributed by atoms with Crippen molar-refractivity contribution in [2.24, 2.45) is 0 Å². The standard InChI is InChI=1S/C19H17F2N3O2S/c20-19(21)26-17-5-2-1-4-16(17)23-18(25)13-27-12-14-6-8-15(9-7-14)24-11-3-10-22-24/h1-11,19H,12-13H2,(H,23,25). The monoisotopic (exact) mass is 389 g/mol. The number of halogens is 2. The largest absolute Gasteiger partial charge is 0.433 e. The lowest BCUT2D eigenvalue weighted by Crippen LogP contribution is -2.15. The molecule has 1 aromatic heterocycles. The van der Waals surface area contributed by atoms with Gasteiger partial charge in [0.1, 0.15) is 5.75 Å². The molecule has 0 spiro atoms. The molecular weight excluding hydrogens is 372 g/mol. The lowest BCUT2D eigenvalue weighted by molar-refractivity contribution is -0.113. The number of nitrogens with zero attached hydrogens (tertiary/aromatic N) is 2. The number of hydrogen-bond acceptors (Lipinski definition) is 4. The Morgan fingerprint density at radius 2 is 1.93 bits per heavy atom. The Morgan fingerprint density at radius 3 is 2.63 bits per heavy atom. The lowest BCUT2D eigenvalue weighted by Gasteiger charge is -2.11. The molecule has 27 heavy (non-hydrogen) atoms. The van der Waals surface area contributed by atoms with Gasteiger partial charge in [0.2, 0.25) is 5.91 Å². The molecule has 0 aliphatic rings.